The highest BCUT2D eigenvalue weighted by Gasteiger charge is 2.16. The summed E-state index contributed by atoms with van der Waals surface area (Å²) in [6.45, 7) is 1.33. The highest BCUT2D eigenvalue weighted by Crippen LogP contribution is 2.22. The first-order valence-corrected chi connectivity index (χ1v) is 9.35. The molecule has 0 bridgehead atoms. The zero-order valence-electron chi connectivity index (χ0n) is 15.4. The molecule has 142 valence electrons. The molecular weight excluding hydrogens is 354 g/mol. The molecule has 0 unspecified atom stereocenters. The first kappa shape index (κ1) is 18.1. The van der Waals surface area contributed by atoms with E-state index in [2.05, 4.69) is 15.5 Å². The molecule has 1 amide bonds. The van der Waals surface area contributed by atoms with E-state index < -0.39 is 0 Å². The van der Waals surface area contributed by atoms with Crippen LogP contribution in [0.25, 0.3) is 11.3 Å². The van der Waals surface area contributed by atoms with Gasteiger partial charge in [0.25, 0.3) is 5.91 Å². The Balaban J connectivity index is 1.37. The number of hydrogen-bond acceptors (Lipinski definition) is 5. The molecule has 0 radical (unpaired) electrons. The van der Waals surface area contributed by atoms with Crippen molar-refractivity contribution in [3.63, 3.8) is 0 Å². The van der Waals surface area contributed by atoms with Crippen LogP contribution in [-0.4, -0.2) is 35.4 Å². The maximum Gasteiger partial charge on any atom is 0.251 e. The smallest absolute Gasteiger partial charge is 0.251 e. The maximum absolute atomic E-state index is 12.3. The van der Waals surface area contributed by atoms with Crippen LogP contribution in [0.2, 0.25) is 0 Å². The lowest BCUT2D eigenvalue weighted by Gasteiger charge is -2.11. The molecule has 1 aromatic heterocycles. The van der Waals surface area contributed by atoms with Gasteiger partial charge in [0.2, 0.25) is 5.88 Å². The van der Waals surface area contributed by atoms with E-state index in [0.717, 1.165) is 25.0 Å². The average molecular weight is 375 g/mol. The number of para-hydroxylation sites is 1. The normalized spacial score (nSPS) is 15.9. The van der Waals surface area contributed by atoms with Crippen molar-refractivity contribution in [3.8, 4) is 22.9 Å². The van der Waals surface area contributed by atoms with Gasteiger partial charge >= 0.3 is 0 Å². The second-order valence-corrected chi connectivity index (χ2v) is 6.59. The van der Waals surface area contributed by atoms with E-state index in [9.17, 15) is 4.79 Å². The number of aromatic nitrogens is 2. The second kappa shape index (κ2) is 8.63. The SMILES string of the molecule is O=C(NC[C@@H]1CCCO1)c1ccc(-c2ccc(Oc3ccccc3)nn2)cc1. The van der Waals surface area contributed by atoms with Crippen molar-refractivity contribution in [1.82, 2.24) is 15.5 Å². The Hall–Kier alpha value is -3.25. The number of hydrogen-bond donors (Lipinski definition) is 1. The van der Waals surface area contributed by atoms with Crippen LogP contribution in [0.1, 0.15) is 23.2 Å². The van der Waals surface area contributed by atoms with Crippen LogP contribution in [0.5, 0.6) is 11.6 Å². The predicted octanol–water partition coefficient (Wildman–Crippen LogP) is 3.84. The number of rotatable bonds is 6. The number of benzene rings is 2. The Morgan fingerprint density at radius 1 is 1.04 bits per heavy atom. The Morgan fingerprint density at radius 2 is 1.86 bits per heavy atom. The molecule has 0 aliphatic carbocycles. The Labute approximate surface area is 163 Å². The topological polar surface area (TPSA) is 73.3 Å². The van der Waals surface area contributed by atoms with Gasteiger partial charge in [-0.05, 0) is 43.2 Å². The van der Waals surface area contributed by atoms with Crippen LogP contribution in [-0.2, 0) is 4.74 Å². The average Bonchev–Trinajstić information content (AvgIpc) is 3.27. The number of amides is 1. The van der Waals surface area contributed by atoms with Crippen LogP contribution in [0, 0.1) is 0 Å². The van der Waals surface area contributed by atoms with Crippen LogP contribution < -0.4 is 10.1 Å². The van der Waals surface area contributed by atoms with E-state index in [0.29, 0.717) is 29.4 Å². The molecule has 2 heterocycles. The van der Waals surface area contributed by atoms with E-state index in [-0.39, 0.29) is 12.0 Å². The van der Waals surface area contributed by atoms with Crippen molar-refractivity contribution in [2.24, 2.45) is 0 Å². The summed E-state index contributed by atoms with van der Waals surface area (Å²) >= 11 is 0. The fourth-order valence-corrected chi connectivity index (χ4v) is 3.04. The van der Waals surface area contributed by atoms with Crippen molar-refractivity contribution in [3.05, 3.63) is 72.3 Å². The van der Waals surface area contributed by atoms with Gasteiger partial charge in [0.15, 0.2) is 0 Å². The summed E-state index contributed by atoms with van der Waals surface area (Å²) in [5, 5.41) is 11.3. The molecule has 6 nitrogen and oxygen atoms in total. The standard InChI is InChI=1S/C22H21N3O3/c26-22(23-15-19-7-4-14-27-19)17-10-8-16(9-11-17)20-12-13-21(25-24-20)28-18-5-2-1-3-6-18/h1-3,5-6,8-13,19H,4,7,14-15H2,(H,23,26)/t19-/m0/s1. The summed E-state index contributed by atoms with van der Waals surface area (Å²) in [4.78, 5) is 12.3. The zero-order valence-corrected chi connectivity index (χ0v) is 15.4. The van der Waals surface area contributed by atoms with Crippen LogP contribution in [0.3, 0.4) is 0 Å². The highest BCUT2D eigenvalue weighted by molar-refractivity contribution is 5.94. The molecule has 0 saturated carbocycles. The molecule has 1 N–H and O–H groups in total. The molecule has 3 aromatic rings. The molecule has 2 aromatic carbocycles. The van der Waals surface area contributed by atoms with E-state index in [1.54, 1.807) is 18.2 Å². The predicted molar refractivity (Wildman–Crippen MR) is 105 cm³/mol. The van der Waals surface area contributed by atoms with Gasteiger partial charge in [-0.2, -0.15) is 0 Å². The third-order valence-electron chi connectivity index (χ3n) is 4.56. The van der Waals surface area contributed by atoms with Crippen molar-refractivity contribution in [2.75, 3.05) is 13.2 Å². The van der Waals surface area contributed by atoms with Crippen molar-refractivity contribution in [2.45, 2.75) is 18.9 Å². The fourth-order valence-electron chi connectivity index (χ4n) is 3.04. The third kappa shape index (κ3) is 4.53. The van der Waals surface area contributed by atoms with E-state index >= 15 is 0 Å². The molecule has 6 heteroatoms. The van der Waals surface area contributed by atoms with Crippen molar-refractivity contribution >= 4 is 5.91 Å². The van der Waals surface area contributed by atoms with Gasteiger partial charge in [-0.15, -0.1) is 10.2 Å². The molecular formula is C22H21N3O3. The van der Waals surface area contributed by atoms with Gasteiger partial charge in [-0.3, -0.25) is 4.79 Å². The Morgan fingerprint density at radius 3 is 2.54 bits per heavy atom. The quantitative estimate of drug-likeness (QED) is 0.708. The van der Waals surface area contributed by atoms with Gasteiger partial charge in [-0.1, -0.05) is 30.3 Å². The first-order chi connectivity index (χ1) is 13.8. The van der Waals surface area contributed by atoms with E-state index in [1.165, 1.54) is 0 Å². The molecule has 1 aliphatic rings. The number of carbonyl (C=O) groups excluding carboxylic acids is 1. The monoisotopic (exact) mass is 375 g/mol. The molecule has 4 rings (SSSR count). The summed E-state index contributed by atoms with van der Waals surface area (Å²) in [6.07, 6.45) is 2.20. The fraction of sp³-hybridized carbons (Fsp3) is 0.227. The maximum atomic E-state index is 12.3. The summed E-state index contributed by atoms with van der Waals surface area (Å²) < 4.78 is 11.2. The molecule has 0 spiro atoms. The Bertz CT molecular complexity index is 906. The molecule has 1 atom stereocenters. The number of ether oxygens (including phenoxy) is 2. The van der Waals surface area contributed by atoms with Crippen LogP contribution in [0.15, 0.2) is 66.7 Å². The van der Waals surface area contributed by atoms with E-state index in [1.807, 2.05) is 48.5 Å². The lowest BCUT2D eigenvalue weighted by molar-refractivity contribution is 0.0858. The summed E-state index contributed by atoms with van der Waals surface area (Å²) in [5.74, 6) is 1.04. The minimum atomic E-state index is -0.0975. The lowest BCUT2D eigenvalue weighted by Crippen LogP contribution is -2.31. The molecule has 1 fully saturated rings. The molecule has 1 aliphatic heterocycles. The van der Waals surface area contributed by atoms with Gasteiger partial charge in [0.1, 0.15) is 5.75 Å². The number of nitrogens with zero attached hydrogens (tertiary/aromatic N) is 2. The molecule has 28 heavy (non-hydrogen) atoms. The zero-order chi connectivity index (χ0) is 19.2. The Kier molecular flexibility index (Phi) is 5.58. The largest absolute Gasteiger partial charge is 0.438 e. The van der Waals surface area contributed by atoms with Crippen molar-refractivity contribution < 1.29 is 14.3 Å². The van der Waals surface area contributed by atoms with Gasteiger partial charge in [0, 0.05) is 30.3 Å². The first-order valence-electron chi connectivity index (χ1n) is 9.35. The summed E-state index contributed by atoms with van der Waals surface area (Å²) in [5.41, 5.74) is 2.21. The third-order valence-corrected chi connectivity index (χ3v) is 4.56. The minimum Gasteiger partial charge on any atom is -0.438 e. The van der Waals surface area contributed by atoms with Gasteiger partial charge in [0.05, 0.1) is 11.8 Å². The molecule has 1 saturated heterocycles. The van der Waals surface area contributed by atoms with Crippen molar-refractivity contribution in [1.29, 1.82) is 0 Å². The van der Waals surface area contributed by atoms with Gasteiger partial charge < -0.3 is 14.8 Å². The summed E-state index contributed by atoms with van der Waals surface area (Å²) in [7, 11) is 0. The van der Waals surface area contributed by atoms with Crippen LogP contribution in [0.4, 0.5) is 0 Å². The van der Waals surface area contributed by atoms with Gasteiger partial charge in [-0.25, -0.2) is 0 Å². The summed E-state index contributed by atoms with van der Waals surface area (Å²) in [6, 6.07) is 20.4. The van der Waals surface area contributed by atoms with E-state index in [4.69, 9.17) is 9.47 Å². The number of nitrogens with one attached hydrogen (secondary N) is 1. The number of carbonyl (C=O) groups is 1. The lowest BCUT2D eigenvalue weighted by atomic mass is 10.1. The van der Waals surface area contributed by atoms with Crippen LogP contribution >= 0.6 is 0 Å². The second-order valence-electron chi connectivity index (χ2n) is 6.59. The minimum absolute atomic E-state index is 0.0975. The highest BCUT2D eigenvalue weighted by atomic mass is 16.5.